The average molecular weight is 258 g/mol. The molecule has 0 unspecified atom stereocenters. The Labute approximate surface area is 112 Å². The van der Waals surface area contributed by atoms with E-state index in [-0.39, 0.29) is 6.61 Å². The molecule has 0 spiro atoms. The second-order valence-corrected chi connectivity index (χ2v) is 5.69. The number of hydrogen-bond acceptors (Lipinski definition) is 4. The van der Waals surface area contributed by atoms with Gasteiger partial charge in [-0.25, -0.2) is 0 Å². The predicted molar refractivity (Wildman–Crippen MR) is 74.8 cm³/mol. The molecule has 108 valence electrons. The Bertz CT molecular complexity index is 204. The molecule has 1 heterocycles. The number of nitrogens with zero attached hydrogens (tertiary/aromatic N) is 2. The standard InChI is InChI=1S/C14H30N2O2/c1-13(2)18-11-9-15(3)12-14-4-6-16(7-5-14)8-10-17/h13-14,17H,4-12H2,1-3H3. The van der Waals surface area contributed by atoms with Gasteiger partial charge in [0.1, 0.15) is 0 Å². The molecule has 1 saturated heterocycles. The Balaban J connectivity index is 2.08. The van der Waals surface area contributed by atoms with Crippen LogP contribution < -0.4 is 0 Å². The van der Waals surface area contributed by atoms with Crippen LogP contribution in [-0.2, 0) is 4.74 Å². The van der Waals surface area contributed by atoms with Gasteiger partial charge in [-0.2, -0.15) is 0 Å². The minimum Gasteiger partial charge on any atom is -0.395 e. The summed E-state index contributed by atoms with van der Waals surface area (Å²) in [5.41, 5.74) is 0. The summed E-state index contributed by atoms with van der Waals surface area (Å²) in [5, 5.41) is 8.91. The molecule has 1 aliphatic heterocycles. The molecule has 0 radical (unpaired) electrons. The van der Waals surface area contributed by atoms with Crippen molar-refractivity contribution in [3.8, 4) is 0 Å². The smallest absolute Gasteiger partial charge is 0.0596 e. The van der Waals surface area contributed by atoms with E-state index in [4.69, 9.17) is 9.84 Å². The summed E-state index contributed by atoms with van der Waals surface area (Å²) in [6, 6.07) is 0. The Hall–Kier alpha value is -0.160. The molecule has 0 saturated carbocycles. The molecular weight excluding hydrogens is 228 g/mol. The number of likely N-dealkylation sites (tertiary alicyclic amines) is 1. The van der Waals surface area contributed by atoms with Gasteiger partial charge < -0.3 is 19.6 Å². The Morgan fingerprint density at radius 3 is 2.56 bits per heavy atom. The van der Waals surface area contributed by atoms with Crippen LogP contribution >= 0.6 is 0 Å². The Morgan fingerprint density at radius 1 is 1.33 bits per heavy atom. The van der Waals surface area contributed by atoms with Gasteiger partial charge in [0.2, 0.25) is 0 Å². The van der Waals surface area contributed by atoms with Crippen LogP contribution in [0, 0.1) is 5.92 Å². The van der Waals surface area contributed by atoms with Crippen molar-refractivity contribution in [1.82, 2.24) is 9.80 Å². The number of piperidine rings is 1. The molecule has 1 N–H and O–H groups in total. The van der Waals surface area contributed by atoms with Gasteiger partial charge >= 0.3 is 0 Å². The van der Waals surface area contributed by atoms with Crippen LogP contribution in [0.15, 0.2) is 0 Å². The molecule has 0 aromatic carbocycles. The first kappa shape index (κ1) is 15.9. The van der Waals surface area contributed by atoms with Crippen molar-refractivity contribution in [2.45, 2.75) is 32.8 Å². The third kappa shape index (κ3) is 6.69. The van der Waals surface area contributed by atoms with Crippen molar-refractivity contribution < 1.29 is 9.84 Å². The van der Waals surface area contributed by atoms with E-state index in [0.717, 1.165) is 38.7 Å². The number of hydrogen-bond donors (Lipinski definition) is 1. The molecule has 0 bridgehead atoms. The van der Waals surface area contributed by atoms with E-state index in [1.807, 2.05) is 0 Å². The van der Waals surface area contributed by atoms with Gasteiger partial charge in [0, 0.05) is 19.6 Å². The van der Waals surface area contributed by atoms with Gasteiger partial charge in [-0.05, 0) is 52.7 Å². The van der Waals surface area contributed by atoms with Crippen molar-refractivity contribution in [3.63, 3.8) is 0 Å². The summed E-state index contributed by atoms with van der Waals surface area (Å²) in [6.07, 6.45) is 2.85. The highest BCUT2D eigenvalue weighted by molar-refractivity contribution is 4.74. The van der Waals surface area contributed by atoms with Crippen LogP contribution in [0.5, 0.6) is 0 Å². The zero-order chi connectivity index (χ0) is 13.4. The molecule has 1 aliphatic rings. The molecule has 0 aliphatic carbocycles. The van der Waals surface area contributed by atoms with E-state index < -0.39 is 0 Å². The fourth-order valence-electron chi connectivity index (χ4n) is 2.51. The van der Waals surface area contributed by atoms with Crippen molar-refractivity contribution in [3.05, 3.63) is 0 Å². The topological polar surface area (TPSA) is 35.9 Å². The van der Waals surface area contributed by atoms with Crippen molar-refractivity contribution >= 4 is 0 Å². The lowest BCUT2D eigenvalue weighted by atomic mass is 9.96. The molecule has 18 heavy (non-hydrogen) atoms. The van der Waals surface area contributed by atoms with Crippen LogP contribution in [0.3, 0.4) is 0 Å². The Kier molecular flexibility index (Phi) is 7.82. The minimum atomic E-state index is 0.289. The maximum Gasteiger partial charge on any atom is 0.0596 e. The zero-order valence-corrected chi connectivity index (χ0v) is 12.3. The van der Waals surface area contributed by atoms with Gasteiger partial charge in [0.15, 0.2) is 0 Å². The van der Waals surface area contributed by atoms with Crippen molar-refractivity contribution in [1.29, 1.82) is 0 Å². The lowest BCUT2D eigenvalue weighted by Crippen LogP contribution is -2.39. The molecule has 0 atom stereocenters. The third-order valence-electron chi connectivity index (χ3n) is 3.62. The fourth-order valence-corrected chi connectivity index (χ4v) is 2.51. The minimum absolute atomic E-state index is 0.289. The molecule has 0 aromatic rings. The maximum atomic E-state index is 8.91. The van der Waals surface area contributed by atoms with Gasteiger partial charge in [-0.3, -0.25) is 0 Å². The van der Waals surface area contributed by atoms with E-state index in [9.17, 15) is 0 Å². The number of likely N-dealkylation sites (N-methyl/N-ethyl adjacent to an activating group) is 1. The second kappa shape index (κ2) is 8.86. The first-order valence-corrected chi connectivity index (χ1v) is 7.25. The van der Waals surface area contributed by atoms with Gasteiger partial charge in [-0.1, -0.05) is 0 Å². The largest absolute Gasteiger partial charge is 0.395 e. The average Bonchev–Trinajstić information content (AvgIpc) is 2.31. The highest BCUT2D eigenvalue weighted by Gasteiger charge is 2.19. The summed E-state index contributed by atoms with van der Waals surface area (Å²) in [4.78, 5) is 4.74. The lowest BCUT2D eigenvalue weighted by molar-refractivity contribution is 0.0573. The predicted octanol–water partition coefficient (Wildman–Crippen LogP) is 1.05. The fraction of sp³-hybridized carbons (Fsp3) is 1.00. The SMILES string of the molecule is CC(C)OCCN(C)CC1CCN(CCO)CC1. The summed E-state index contributed by atoms with van der Waals surface area (Å²) >= 11 is 0. The first-order valence-electron chi connectivity index (χ1n) is 7.25. The quantitative estimate of drug-likeness (QED) is 0.706. The van der Waals surface area contributed by atoms with E-state index in [2.05, 4.69) is 30.7 Å². The summed E-state index contributed by atoms with van der Waals surface area (Å²) in [5.74, 6) is 0.809. The molecule has 0 aromatic heterocycles. The summed E-state index contributed by atoms with van der Waals surface area (Å²) in [6.45, 7) is 10.6. The van der Waals surface area contributed by atoms with Crippen LogP contribution in [0.1, 0.15) is 26.7 Å². The van der Waals surface area contributed by atoms with E-state index in [1.54, 1.807) is 0 Å². The third-order valence-corrected chi connectivity index (χ3v) is 3.62. The molecule has 4 nitrogen and oxygen atoms in total. The van der Waals surface area contributed by atoms with Crippen LogP contribution in [0.4, 0.5) is 0 Å². The second-order valence-electron chi connectivity index (χ2n) is 5.69. The number of ether oxygens (including phenoxy) is 1. The number of aliphatic hydroxyl groups excluding tert-OH is 1. The van der Waals surface area contributed by atoms with Gasteiger partial charge in [0.05, 0.1) is 19.3 Å². The molecule has 1 rings (SSSR count). The first-order chi connectivity index (χ1) is 8.61. The van der Waals surface area contributed by atoms with E-state index >= 15 is 0 Å². The van der Waals surface area contributed by atoms with Crippen LogP contribution in [0.2, 0.25) is 0 Å². The molecule has 0 amide bonds. The lowest BCUT2D eigenvalue weighted by Gasteiger charge is -2.33. The molecule has 1 fully saturated rings. The normalized spacial score (nSPS) is 19.0. The number of β-amino-alcohol motifs (C(OH)–C–C–N with tert-alkyl or cyclic N) is 1. The van der Waals surface area contributed by atoms with Gasteiger partial charge in [-0.15, -0.1) is 0 Å². The van der Waals surface area contributed by atoms with E-state index in [0.29, 0.717) is 6.10 Å². The summed E-state index contributed by atoms with van der Waals surface area (Å²) in [7, 11) is 2.18. The molecule has 4 heteroatoms. The van der Waals surface area contributed by atoms with Crippen molar-refractivity contribution in [2.75, 3.05) is 53.0 Å². The Morgan fingerprint density at radius 2 is 2.00 bits per heavy atom. The van der Waals surface area contributed by atoms with Crippen LogP contribution in [-0.4, -0.2) is 74.0 Å². The number of rotatable bonds is 8. The zero-order valence-electron chi connectivity index (χ0n) is 12.3. The van der Waals surface area contributed by atoms with Gasteiger partial charge in [0.25, 0.3) is 0 Å². The van der Waals surface area contributed by atoms with Crippen LogP contribution in [0.25, 0.3) is 0 Å². The summed E-state index contributed by atoms with van der Waals surface area (Å²) < 4.78 is 5.57. The highest BCUT2D eigenvalue weighted by Crippen LogP contribution is 2.17. The number of aliphatic hydroxyl groups is 1. The monoisotopic (exact) mass is 258 g/mol. The molecular formula is C14H30N2O2. The van der Waals surface area contributed by atoms with Crippen molar-refractivity contribution in [2.24, 2.45) is 5.92 Å². The highest BCUT2D eigenvalue weighted by atomic mass is 16.5. The van der Waals surface area contributed by atoms with E-state index in [1.165, 1.54) is 19.4 Å². The maximum absolute atomic E-state index is 8.91.